The molecule has 0 spiro atoms. The molecule has 0 fully saturated rings. The molecule has 5 heteroatoms. The zero-order valence-electron chi connectivity index (χ0n) is 10.2. The fourth-order valence-electron chi connectivity index (χ4n) is 1.42. The average molecular weight is 287 g/mol. The van der Waals surface area contributed by atoms with Gasteiger partial charge in [0.1, 0.15) is 0 Å². The van der Waals surface area contributed by atoms with Gasteiger partial charge in [-0.05, 0) is 17.7 Å². The molecule has 0 bridgehead atoms. The molecule has 1 N–H and O–H groups in total. The third-order valence-corrected chi connectivity index (χ3v) is 3.13. The van der Waals surface area contributed by atoms with Gasteiger partial charge in [0.05, 0.1) is 16.6 Å². The van der Waals surface area contributed by atoms with Crippen molar-refractivity contribution in [2.24, 2.45) is 0 Å². The van der Waals surface area contributed by atoms with Gasteiger partial charge in [0.2, 0.25) is 5.91 Å². The Bertz CT molecular complexity index is 435. The highest BCUT2D eigenvalue weighted by Gasteiger charge is 2.09. The molecule has 18 heavy (non-hydrogen) atoms. The molecule has 0 aliphatic heterocycles. The summed E-state index contributed by atoms with van der Waals surface area (Å²) in [6, 6.07) is 5.35. The summed E-state index contributed by atoms with van der Waals surface area (Å²) < 4.78 is 0. The summed E-state index contributed by atoms with van der Waals surface area (Å²) in [6.45, 7) is 4.99. The Labute approximate surface area is 117 Å². The number of nitrogens with one attached hydrogen (secondary N) is 1. The number of hydrogen-bond acceptors (Lipinski definition) is 2. The minimum atomic E-state index is 0.0166. The first-order valence-electron chi connectivity index (χ1n) is 5.54. The van der Waals surface area contributed by atoms with E-state index in [-0.39, 0.29) is 5.91 Å². The van der Waals surface area contributed by atoms with Crippen molar-refractivity contribution in [3.63, 3.8) is 0 Å². The second-order valence-electron chi connectivity index (χ2n) is 3.92. The van der Waals surface area contributed by atoms with Crippen LogP contribution in [0, 0.1) is 0 Å². The minimum absolute atomic E-state index is 0.0166. The van der Waals surface area contributed by atoms with Gasteiger partial charge in [-0.3, -0.25) is 4.79 Å². The maximum absolute atomic E-state index is 11.7. The van der Waals surface area contributed by atoms with Gasteiger partial charge in [-0.1, -0.05) is 35.3 Å². The van der Waals surface area contributed by atoms with Crippen LogP contribution in [-0.2, 0) is 11.3 Å². The molecule has 3 nitrogen and oxygen atoms in total. The quantitative estimate of drug-likeness (QED) is 0.644. The average Bonchev–Trinajstić information content (AvgIpc) is 2.34. The van der Waals surface area contributed by atoms with Crippen molar-refractivity contribution < 1.29 is 4.79 Å². The van der Waals surface area contributed by atoms with E-state index in [1.54, 1.807) is 30.2 Å². The summed E-state index contributed by atoms with van der Waals surface area (Å²) in [5, 5.41) is 3.98. The minimum Gasteiger partial charge on any atom is -0.340 e. The summed E-state index contributed by atoms with van der Waals surface area (Å²) in [5.41, 5.74) is 0.948. The summed E-state index contributed by atoms with van der Waals surface area (Å²) in [4.78, 5) is 13.4. The molecule has 1 aromatic carbocycles. The number of hydrogen-bond donors (Lipinski definition) is 1. The van der Waals surface area contributed by atoms with Crippen molar-refractivity contribution in [2.75, 3.05) is 20.1 Å². The summed E-state index contributed by atoms with van der Waals surface area (Å²) in [6.07, 6.45) is 1.71. The van der Waals surface area contributed by atoms with E-state index in [0.29, 0.717) is 29.7 Å². The highest BCUT2D eigenvalue weighted by atomic mass is 35.5. The molecule has 1 rings (SSSR count). The van der Waals surface area contributed by atoms with Crippen LogP contribution >= 0.6 is 23.2 Å². The van der Waals surface area contributed by atoms with Crippen LogP contribution in [0.5, 0.6) is 0 Å². The monoisotopic (exact) mass is 286 g/mol. The fraction of sp³-hybridized carbons (Fsp3) is 0.308. The van der Waals surface area contributed by atoms with Gasteiger partial charge in [-0.2, -0.15) is 0 Å². The predicted octanol–water partition coefficient (Wildman–Crippen LogP) is 2.73. The molecule has 0 saturated carbocycles. The Kier molecular flexibility index (Phi) is 6.19. The van der Waals surface area contributed by atoms with Crippen LogP contribution in [0.25, 0.3) is 0 Å². The first-order valence-corrected chi connectivity index (χ1v) is 6.29. The maximum atomic E-state index is 11.7. The lowest BCUT2D eigenvalue weighted by atomic mass is 10.2. The van der Waals surface area contributed by atoms with Crippen LogP contribution < -0.4 is 5.32 Å². The normalized spacial score (nSPS) is 10.2. The van der Waals surface area contributed by atoms with Crippen LogP contribution in [0.4, 0.5) is 0 Å². The van der Waals surface area contributed by atoms with Crippen molar-refractivity contribution >= 4 is 29.1 Å². The second kappa shape index (κ2) is 7.41. The molecule has 0 radical (unpaired) electrons. The SMILES string of the molecule is C=CCNCC(=O)N(C)Cc1ccc(Cl)c(Cl)c1. The molecular weight excluding hydrogens is 271 g/mol. The van der Waals surface area contributed by atoms with Crippen LogP contribution in [0.15, 0.2) is 30.9 Å². The lowest BCUT2D eigenvalue weighted by Crippen LogP contribution is -2.35. The van der Waals surface area contributed by atoms with Crippen molar-refractivity contribution in [2.45, 2.75) is 6.54 Å². The van der Waals surface area contributed by atoms with Crippen LogP contribution in [0.2, 0.25) is 10.0 Å². The van der Waals surface area contributed by atoms with E-state index >= 15 is 0 Å². The molecule has 0 unspecified atom stereocenters. The number of benzene rings is 1. The maximum Gasteiger partial charge on any atom is 0.236 e. The summed E-state index contributed by atoms with van der Waals surface area (Å²) in [5.74, 6) is 0.0166. The number of amides is 1. The Morgan fingerprint density at radius 3 is 2.78 bits per heavy atom. The van der Waals surface area contributed by atoms with Gasteiger partial charge in [-0.25, -0.2) is 0 Å². The third-order valence-electron chi connectivity index (χ3n) is 2.39. The standard InChI is InChI=1S/C13H16Cl2N2O/c1-3-6-16-8-13(18)17(2)9-10-4-5-11(14)12(15)7-10/h3-5,7,16H,1,6,8-9H2,2H3. The smallest absolute Gasteiger partial charge is 0.236 e. The Morgan fingerprint density at radius 1 is 1.44 bits per heavy atom. The molecule has 0 aliphatic rings. The molecule has 1 amide bonds. The van der Waals surface area contributed by atoms with Crippen molar-refractivity contribution in [3.8, 4) is 0 Å². The Hall–Kier alpha value is -1.03. The number of rotatable bonds is 6. The highest BCUT2D eigenvalue weighted by Crippen LogP contribution is 2.23. The summed E-state index contributed by atoms with van der Waals surface area (Å²) >= 11 is 11.8. The van der Waals surface area contributed by atoms with Gasteiger partial charge in [0.25, 0.3) is 0 Å². The van der Waals surface area contributed by atoms with Gasteiger partial charge in [-0.15, -0.1) is 6.58 Å². The number of halogens is 2. The van der Waals surface area contributed by atoms with E-state index in [1.807, 2.05) is 6.07 Å². The Balaban J connectivity index is 2.52. The van der Waals surface area contributed by atoms with E-state index < -0.39 is 0 Å². The Morgan fingerprint density at radius 2 is 2.17 bits per heavy atom. The van der Waals surface area contributed by atoms with E-state index in [4.69, 9.17) is 23.2 Å². The molecule has 0 aliphatic carbocycles. The van der Waals surface area contributed by atoms with Gasteiger partial charge in [0, 0.05) is 20.1 Å². The van der Waals surface area contributed by atoms with Crippen LogP contribution in [-0.4, -0.2) is 30.9 Å². The highest BCUT2D eigenvalue weighted by molar-refractivity contribution is 6.42. The van der Waals surface area contributed by atoms with Gasteiger partial charge < -0.3 is 10.2 Å². The number of likely N-dealkylation sites (N-methyl/N-ethyl adjacent to an activating group) is 1. The van der Waals surface area contributed by atoms with E-state index in [0.717, 1.165) is 5.56 Å². The van der Waals surface area contributed by atoms with Crippen LogP contribution in [0.3, 0.4) is 0 Å². The van der Waals surface area contributed by atoms with E-state index in [1.165, 1.54) is 0 Å². The lowest BCUT2D eigenvalue weighted by molar-refractivity contribution is -0.129. The van der Waals surface area contributed by atoms with Gasteiger partial charge >= 0.3 is 0 Å². The van der Waals surface area contributed by atoms with Crippen molar-refractivity contribution in [1.29, 1.82) is 0 Å². The largest absolute Gasteiger partial charge is 0.340 e. The van der Waals surface area contributed by atoms with E-state index in [2.05, 4.69) is 11.9 Å². The molecule has 1 aromatic rings. The predicted molar refractivity (Wildman–Crippen MR) is 76.0 cm³/mol. The number of carbonyl (C=O) groups is 1. The zero-order chi connectivity index (χ0) is 13.5. The van der Waals surface area contributed by atoms with E-state index in [9.17, 15) is 4.79 Å². The third kappa shape index (κ3) is 4.69. The lowest BCUT2D eigenvalue weighted by Gasteiger charge is -2.17. The molecule has 0 saturated heterocycles. The van der Waals surface area contributed by atoms with Crippen molar-refractivity contribution in [3.05, 3.63) is 46.5 Å². The second-order valence-corrected chi connectivity index (χ2v) is 4.73. The molecule has 0 aromatic heterocycles. The zero-order valence-corrected chi connectivity index (χ0v) is 11.8. The molecule has 0 atom stereocenters. The van der Waals surface area contributed by atoms with Gasteiger partial charge in [0.15, 0.2) is 0 Å². The molecule has 0 heterocycles. The number of nitrogens with zero attached hydrogens (tertiary/aromatic N) is 1. The fourth-order valence-corrected chi connectivity index (χ4v) is 1.74. The summed E-state index contributed by atoms with van der Waals surface area (Å²) in [7, 11) is 1.75. The number of carbonyl (C=O) groups excluding carboxylic acids is 1. The molecule has 98 valence electrons. The van der Waals surface area contributed by atoms with Crippen LogP contribution in [0.1, 0.15) is 5.56 Å². The first-order chi connectivity index (χ1) is 8.54. The topological polar surface area (TPSA) is 32.3 Å². The molecular formula is C13H16Cl2N2O. The van der Waals surface area contributed by atoms with Crippen molar-refractivity contribution in [1.82, 2.24) is 10.2 Å². The first kappa shape index (κ1) is 15.0.